The molecule has 1 saturated carbocycles. The minimum Gasteiger partial charge on any atom is -0.496 e. The van der Waals surface area contributed by atoms with E-state index in [0.29, 0.717) is 0 Å². The minimum atomic E-state index is -0.0746. The molecule has 20 heavy (non-hydrogen) atoms. The third-order valence-corrected chi connectivity index (χ3v) is 4.73. The number of ether oxygens (including phenoxy) is 2. The van der Waals surface area contributed by atoms with Crippen LogP contribution in [0.25, 0.3) is 0 Å². The van der Waals surface area contributed by atoms with Crippen molar-refractivity contribution in [2.75, 3.05) is 20.3 Å². The highest BCUT2D eigenvalue weighted by Gasteiger charge is 2.42. The fourth-order valence-corrected chi connectivity index (χ4v) is 3.55. The first kappa shape index (κ1) is 15.8. The Morgan fingerprint density at radius 2 is 2.00 bits per heavy atom. The van der Waals surface area contributed by atoms with Crippen LogP contribution in [0, 0.1) is 0 Å². The van der Waals surface area contributed by atoms with Crippen LogP contribution >= 0.6 is 0 Å². The van der Waals surface area contributed by atoms with E-state index in [1.165, 1.54) is 25.7 Å². The summed E-state index contributed by atoms with van der Waals surface area (Å²) in [6.45, 7) is 4.10. The van der Waals surface area contributed by atoms with Gasteiger partial charge in [-0.3, -0.25) is 0 Å². The zero-order valence-corrected chi connectivity index (χ0v) is 13.2. The fourth-order valence-electron chi connectivity index (χ4n) is 3.55. The van der Waals surface area contributed by atoms with Gasteiger partial charge in [-0.05, 0) is 44.7 Å². The highest BCUT2D eigenvalue weighted by atomic mass is 16.5. The molecule has 1 fully saturated rings. The molecular formula is C17H31NO2. The van der Waals surface area contributed by atoms with Gasteiger partial charge in [-0.2, -0.15) is 0 Å². The minimum absolute atomic E-state index is 0.0746. The van der Waals surface area contributed by atoms with Gasteiger partial charge >= 0.3 is 0 Å². The molecule has 0 saturated heterocycles. The fraction of sp³-hybridized carbons (Fsp3) is 0.882. The van der Waals surface area contributed by atoms with Crippen molar-refractivity contribution in [1.29, 1.82) is 0 Å². The summed E-state index contributed by atoms with van der Waals surface area (Å²) in [6.07, 6.45) is 13.2. The van der Waals surface area contributed by atoms with E-state index in [4.69, 9.17) is 9.47 Å². The molecule has 0 aromatic rings. The Morgan fingerprint density at radius 1 is 1.25 bits per heavy atom. The van der Waals surface area contributed by atoms with Crippen LogP contribution in [0.3, 0.4) is 0 Å². The maximum atomic E-state index is 6.09. The zero-order chi connectivity index (χ0) is 14.3. The summed E-state index contributed by atoms with van der Waals surface area (Å²) in [5.41, 5.74) is -0.0746. The van der Waals surface area contributed by atoms with E-state index in [1.807, 2.05) is 7.11 Å². The molecule has 1 heterocycles. The Morgan fingerprint density at radius 3 is 2.55 bits per heavy atom. The summed E-state index contributed by atoms with van der Waals surface area (Å²) in [5.74, 6) is 1.13. The van der Waals surface area contributed by atoms with Crippen LogP contribution in [0.2, 0.25) is 0 Å². The van der Waals surface area contributed by atoms with Crippen LogP contribution in [0.1, 0.15) is 64.7 Å². The predicted octanol–water partition coefficient (Wildman–Crippen LogP) is 3.79. The molecule has 1 N–H and O–H groups in total. The number of nitrogens with one attached hydrogen (secondary N) is 1. The van der Waals surface area contributed by atoms with Gasteiger partial charge in [-0.1, -0.05) is 32.6 Å². The average molecular weight is 281 g/mol. The lowest BCUT2D eigenvalue weighted by molar-refractivity contribution is -0.0575. The third kappa shape index (κ3) is 3.76. The first-order chi connectivity index (χ1) is 9.82. The van der Waals surface area contributed by atoms with Gasteiger partial charge in [0.25, 0.3) is 0 Å². The van der Waals surface area contributed by atoms with Gasteiger partial charge in [0.15, 0.2) is 0 Å². The highest BCUT2D eigenvalue weighted by Crippen LogP contribution is 2.36. The molecule has 2 aliphatic rings. The summed E-state index contributed by atoms with van der Waals surface area (Å²) in [7, 11) is 1.88. The lowest BCUT2D eigenvalue weighted by Crippen LogP contribution is -2.54. The standard InChI is InChI=1S/C17H31NO2/c1-3-13-18-16(15-10-6-9-14-20-15)17(19-2)11-7-4-5-8-12-17/h10,16,18H,3-9,11-14H2,1-2H3. The topological polar surface area (TPSA) is 30.5 Å². The summed E-state index contributed by atoms with van der Waals surface area (Å²) in [5, 5.41) is 3.71. The molecule has 1 aliphatic heterocycles. The van der Waals surface area contributed by atoms with Gasteiger partial charge in [0.2, 0.25) is 0 Å². The predicted molar refractivity (Wildman–Crippen MR) is 82.8 cm³/mol. The molecular weight excluding hydrogens is 250 g/mol. The molecule has 1 aliphatic carbocycles. The van der Waals surface area contributed by atoms with E-state index in [0.717, 1.165) is 51.0 Å². The van der Waals surface area contributed by atoms with Crippen LogP contribution in [-0.2, 0) is 9.47 Å². The van der Waals surface area contributed by atoms with Crippen molar-refractivity contribution in [3.05, 3.63) is 11.8 Å². The molecule has 0 amide bonds. The van der Waals surface area contributed by atoms with Crippen LogP contribution in [-0.4, -0.2) is 31.9 Å². The number of allylic oxidation sites excluding steroid dienone is 1. The molecule has 0 radical (unpaired) electrons. The van der Waals surface area contributed by atoms with E-state index in [1.54, 1.807) is 0 Å². The van der Waals surface area contributed by atoms with E-state index in [9.17, 15) is 0 Å². The van der Waals surface area contributed by atoms with Gasteiger partial charge in [0, 0.05) is 7.11 Å². The maximum Gasteiger partial charge on any atom is 0.112 e. The van der Waals surface area contributed by atoms with Gasteiger partial charge in [0.05, 0.1) is 18.2 Å². The monoisotopic (exact) mass is 281 g/mol. The van der Waals surface area contributed by atoms with Crippen LogP contribution < -0.4 is 5.32 Å². The molecule has 0 spiro atoms. The van der Waals surface area contributed by atoms with Gasteiger partial charge in [0.1, 0.15) is 5.76 Å². The lowest BCUT2D eigenvalue weighted by atomic mass is 9.84. The molecule has 3 nitrogen and oxygen atoms in total. The van der Waals surface area contributed by atoms with Crippen molar-refractivity contribution in [2.45, 2.75) is 76.4 Å². The van der Waals surface area contributed by atoms with Crippen molar-refractivity contribution in [1.82, 2.24) is 5.32 Å². The quantitative estimate of drug-likeness (QED) is 0.751. The first-order valence-corrected chi connectivity index (χ1v) is 8.44. The van der Waals surface area contributed by atoms with Crippen molar-refractivity contribution < 1.29 is 9.47 Å². The van der Waals surface area contributed by atoms with Crippen LogP contribution in [0.4, 0.5) is 0 Å². The van der Waals surface area contributed by atoms with Crippen molar-refractivity contribution >= 4 is 0 Å². The molecule has 1 atom stereocenters. The zero-order valence-electron chi connectivity index (χ0n) is 13.2. The smallest absolute Gasteiger partial charge is 0.112 e. The van der Waals surface area contributed by atoms with Gasteiger partial charge < -0.3 is 14.8 Å². The number of hydrogen-bond donors (Lipinski definition) is 1. The van der Waals surface area contributed by atoms with Crippen LogP contribution in [0.15, 0.2) is 11.8 Å². The summed E-state index contributed by atoms with van der Waals surface area (Å²) >= 11 is 0. The van der Waals surface area contributed by atoms with Crippen LogP contribution in [0.5, 0.6) is 0 Å². The Kier molecular flexibility index (Phi) is 6.37. The lowest BCUT2D eigenvalue weighted by Gasteiger charge is -2.41. The van der Waals surface area contributed by atoms with E-state index in [-0.39, 0.29) is 11.6 Å². The Bertz CT molecular complexity index is 306. The Hall–Kier alpha value is -0.540. The van der Waals surface area contributed by atoms with E-state index < -0.39 is 0 Å². The second-order valence-corrected chi connectivity index (χ2v) is 6.17. The van der Waals surface area contributed by atoms with E-state index >= 15 is 0 Å². The number of methoxy groups -OCH3 is 1. The number of rotatable bonds is 6. The van der Waals surface area contributed by atoms with Crippen molar-refractivity contribution in [2.24, 2.45) is 0 Å². The molecule has 0 bridgehead atoms. The van der Waals surface area contributed by atoms with E-state index in [2.05, 4.69) is 18.3 Å². The Labute approximate surface area is 124 Å². The van der Waals surface area contributed by atoms with Gasteiger partial charge in [-0.15, -0.1) is 0 Å². The summed E-state index contributed by atoms with van der Waals surface area (Å²) < 4.78 is 12.1. The second-order valence-electron chi connectivity index (χ2n) is 6.17. The SMILES string of the molecule is CCCNC(C1=CCCCO1)C1(OC)CCCCCC1. The molecule has 0 aromatic heterocycles. The maximum absolute atomic E-state index is 6.09. The molecule has 0 aromatic carbocycles. The van der Waals surface area contributed by atoms with Crippen molar-refractivity contribution in [3.63, 3.8) is 0 Å². The normalized spacial score (nSPS) is 24.4. The molecule has 1 unspecified atom stereocenters. The highest BCUT2D eigenvalue weighted by molar-refractivity contribution is 5.14. The van der Waals surface area contributed by atoms with Gasteiger partial charge in [-0.25, -0.2) is 0 Å². The summed E-state index contributed by atoms with van der Waals surface area (Å²) in [6, 6.07) is 0.228. The van der Waals surface area contributed by atoms with Crippen molar-refractivity contribution in [3.8, 4) is 0 Å². The largest absolute Gasteiger partial charge is 0.496 e. The Balaban J connectivity index is 2.19. The second kappa shape index (κ2) is 8.04. The number of hydrogen-bond acceptors (Lipinski definition) is 3. The third-order valence-electron chi connectivity index (χ3n) is 4.73. The first-order valence-electron chi connectivity index (χ1n) is 8.44. The average Bonchev–Trinajstić information content (AvgIpc) is 2.75. The molecule has 2 rings (SSSR count). The summed E-state index contributed by atoms with van der Waals surface area (Å²) in [4.78, 5) is 0. The molecule has 3 heteroatoms. The molecule has 116 valence electrons.